The third-order valence-electron chi connectivity index (χ3n) is 15.0. The van der Waals surface area contributed by atoms with Gasteiger partial charge in [0, 0.05) is 78.3 Å². The van der Waals surface area contributed by atoms with Gasteiger partial charge in [0.25, 0.3) is 34.8 Å². The Bertz CT molecular complexity index is 5590. The zero-order valence-corrected chi connectivity index (χ0v) is 61.5. The van der Waals surface area contributed by atoms with Gasteiger partial charge in [0.15, 0.2) is 23.0 Å². The molecule has 109 heavy (non-hydrogen) atoms. The van der Waals surface area contributed by atoms with Crippen LogP contribution in [0, 0.1) is 51.1 Å². The fraction of sp³-hybridized carbons (Fsp3) is 0.167. The maximum atomic E-state index is 13.2. The number of carbonyl (C=O) groups excluding carboxylic acids is 5. The fourth-order valence-electron chi connectivity index (χ4n) is 9.96. The van der Waals surface area contributed by atoms with Crippen molar-refractivity contribution in [2.75, 3.05) is 16.0 Å². The number of nitrogens with one attached hydrogen (secondary N) is 3. The van der Waals surface area contributed by atoms with Crippen molar-refractivity contribution >= 4 is 157 Å². The SMILES string of the molecule is CC(C)(C)OC(=O)c1c(OS(=O)(=O)C(F)(F)F)csc1NC(=O)c1cc2ccccc2o1.Cc1ccc(-c2csc(NC(=O)c3cc4ccccc4o3)c2C(=O)O)cc1[N+](=O)[O-].Cc1ccc(-c2csc(NC(=O)c3cc4ccccc4o3)c2C(=O)OC(C)(C)C)cc1[N+](=O)[O-].Cc1ccc(B(O)O)cc1[N+](=O)[O-]. The Labute approximate surface area is 626 Å². The Balaban J connectivity index is 0.000000174. The van der Waals surface area contributed by atoms with Gasteiger partial charge in [0.05, 0.1) is 14.8 Å². The normalized spacial score (nSPS) is 11.4. The molecule has 6 aromatic heterocycles. The van der Waals surface area contributed by atoms with Crippen LogP contribution in [0.1, 0.15) is 121 Å². The van der Waals surface area contributed by atoms with E-state index in [4.69, 9.17) is 32.8 Å². The number of rotatable bonds is 17. The van der Waals surface area contributed by atoms with Crippen LogP contribution in [0.15, 0.2) is 175 Å². The van der Waals surface area contributed by atoms with Crippen LogP contribution in [0.5, 0.6) is 5.75 Å². The molecule has 0 fully saturated rings. The van der Waals surface area contributed by atoms with Crippen molar-refractivity contribution in [2.45, 2.75) is 79.0 Å². The van der Waals surface area contributed by atoms with E-state index in [0.29, 0.717) is 66.9 Å². The Morgan fingerprint density at radius 2 is 0.826 bits per heavy atom. The third kappa shape index (κ3) is 19.6. The summed E-state index contributed by atoms with van der Waals surface area (Å²) in [4.78, 5) is 107. The summed E-state index contributed by atoms with van der Waals surface area (Å²) in [5.41, 5.74) is -3.86. The number of esters is 2. The molecular formula is C72H60BF3N6O23S4. The van der Waals surface area contributed by atoms with Gasteiger partial charge in [-0.25, -0.2) is 14.4 Å². The van der Waals surface area contributed by atoms with Crippen LogP contribution >= 0.6 is 34.0 Å². The van der Waals surface area contributed by atoms with Crippen molar-refractivity contribution in [3.8, 4) is 28.0 Å². The lowest BCUT2D eigenvalue weighted by Gasteiger charge is -2.20. The van der Waals surface area contributed by atoms with Gasteiger partial charge in [-0.3, -0.25) is 44.7 Å². The second-order valence-corrected chi connectivity index (χ2v) is 29.5. The summed E-state index contributed by atoms with van der Waals surface area (Å²) in [5, 5.41) is 74.3. The zero-order valence-electron chi connectivity index (χ0n) is 58.3. The second kappa shape index (κ2) is 32.8. The summed E-state index contributed by atoms with van der Waals surface area (Å²) < 4.78 is 92.6. The highest BCUT2D eigenvalue weighted by Gasteiger charge is 2.49. The summed E-state index contributed by atoms with van der Waals surface area (Å²) in [6, 6.07) is 39.0. The van der Waals surface area contributed by atoms with E-state index in [-0.39, 0.29) is 71.5 Å². The molecule has 0 aliphatic heterocycles. The number of benzene rings is 6. The van der Waals surface area contributed by atoms with E-state index in [1.165, 1.54) is 51.1 Å². The van der Waals surface area contributed by atoms with Gasteiger partial charge < -0.3 is 58.0 Å². The largest absolute Gasteiger partial charge is 0.534 e. The number of nitro benzene ring substituents is 3. The Hall–Kier alpha value is -12.4. The minimum Gasteiger partial charge on any atom is -0.478 e. The number of aromatic carboxylic acids is 1. The predicted molar refractivity (Wildman–Crippen MR) is 400 cm³/mol. The molecule has 0 radical (unpaired) electrons. The number of ether oxygens (including phenoxy) is 2. The highest BCUT2D eigenvalue weighted by atomic mass is 32.2. The molecule has 0 spiro atoms. The standard InChI is InChI=1S/C25H22N2O6S.C21H14N2O6S.C19H16F3NO7S2.C7H8BNO4/c1-14-9-10-15(11-18(14)27(30)31)17-13-34-23(21(17)24(29)33-25(2,3)4)26-22(28)20-12-16-7-5-6-8-19(16)32-20;1-11-6-7-12(8-15(11)23(27)28)14-10-30-20(18(14)21(25)26)22-19(24)17-9-13-4-2-3-5-16(13)29-17;1-18(2,3)29-17(25)14-13(30-32(26,27)19(20,21)22)9-31-16(14)23-15(24)12-8-10-6-4-5-7-11(10)28-12;1-5-2-3-6(8(10)11)4-7(5)9(12)13/h5-13H,1-4H3,(H,26,28);2-10H,1H3,(H,22,24)(H,25,26);4-9H,1-3H3,(H,23,24);2-4,10-11H,1H3. The van der Waals surface area contributed by atoms with Crippen molar-refractivity contribution < 1.29 is 107 Å². The van der Waals surface area contributed by atoms with Gasteiger partial charge in [-0.15, -0.1) is 34.0 Å². The molecule has 6 aromatic carbocycles. The second-order valence-electron chi connectivity index (χ2n) is 25.3. The quantitative estimate of drug-likeness (QED) is 0.0123. The minimum absolute atomic E-state index is 0.0495. The number of para-hydroxylation sites is 3. The van der Waals surface area contributed by atoms with E-state index >= 15 is 0 Å². The lowest BCUT2D eigenvalue weighted by molar-refractivity contribution is -0.385. The molecule has 12 rings (SSSR count). The summed E-state index contributed by atoms with van der Waals surface area (Å²) in [6.07, 6.45) is 0. The minimum atomic E-state index is -6.07. The molecule has 12 aromatic rings. The number of nitrogens with zero attached hydrogens (tertiary/aromatic N) is 3. The number of carboxylic acids is 1. The van der Waals surface area contributed by atoms with E-state index in [1.807, 2.05) is 18.2 Å². The lowest BCUT2D eigenvalue weighted by atomic mass is 9.80. The van der Waals surface area contributed by atoms with Gasteiger partial charge in [0.2, 0.25) is 0 Å². The number of amides is 3. The van der Waals surface area contributed by atoms with Crippen LogP contribution in [0.2, 0.25) is 0 Å². The molecular weight excluding hydrogens is 1510 g/mol. The highest BCUT2D eigenvalue weighted by molar-refractivity contribution is 7.88. The maximum absolute atomic E-state index is 13.2. The van der Waals surface area contributed by atoms with Crippen LogP contribution in [-0.4, -0.2) is 97.8 Å². The number of fused-ring (bicyclic) bond motifs is 3. The smallest absolute Gasteiger partial charge is 0.478 e. The van der Waals surface area contributed by atoms with Gasteiger partial charge >= 0.3 is 40.7 Å². The van der Waals surface area contributed by atoms with Crippen molar-refractivity contribution in [2.24, 2.45) is 0 Å². The van der Waals surface area contributed by atoms with Crippen LogP contribution in [0.4, 0.5) is 45.2 Å². The first-order valence-electron chi connectivity index (χ1n) is 31.6. The zero-order chi connectivity index (χ0) is 79.9. The van der Waals surface area contributed by atoms with Crippen molar-refractivity contribution in [3.63, 3.8) is 0 Å². The molecule has 0 atom stereocenters. The van der Waals surface area contributed by atoms with Crippen LogP contribution < -0.4 is 25.6 Å². The molecule has 6 heterocycles. The number of hydrogen-bond donors (Lipinski definition) is 6. The van der Waals surface area contributed by atoms with Crippen molar-refractivity contribution in [3.05, 3.63) is 243 Å². The van der Waals surface area contributed by atoms with Gasteiger partial charge in [-0.05, 0) is 115 Å². The first kappa shape index (κ1) is 80.7. The first-order chi connectivity index (χ1) is 51.1. The van der Waals surface area contributed by atoms with Crippen LogP contribution in [0.3, 0.4) is 0 Å². The number of anilines is 3. The Kier molecular flexibility index (Phi) is 24.2. The Morgan fingerprint density at radius 1 is 0.486 bits per heavy atom. The third-order valence-corrected chi connectivity index (χ3v) is 18.7. The predicted octanol–water partition coefficient (Wildman–Crippen LogP) is 16.4. The summed E-state index contributed by atoms with van der Waals surface area (Å²) in [6.45, 7) is 14.5. The molecule has 37 heteroatoms. The topological polar surface area (TPSA) is 430 Å². The number of thiophene rings is 3. The average Bonchev–Trinajstić information content (AvgIpc) is 1.65. The van der Waals surface area contributed by atoms with E-state index in [2.05, 4.69) is 20.1 Å². The monoisotopic (exact) mass is 1570 g/mol. The average molecular weight is 1570 g/mol. The van der Waals surface area contributed by atoms with Crippen LogP contribution in [-0.2, 0) is 19.6 Å². The number of nitro groups is 3. The molecule has 0 saturated heterocycles. The molecule has 3 amide bonds. The molecule has 6 N–H and O–H groups in total. The Morgan fingerprint density at radius 3 is 1.18 bits per heavy atom. The number of halogens is 3. The number of carboxylic acid groups (broad SMARTS) is 1. The number of aryl methyl sites for hydroxylation is 3. The molecule has 0 bridgehead atoms. The van der Waals surface area contributed by atoms with Crippen molar-refractivity contribution in [1.29, 1.82) is 0 Å². The molecule has 564 valence electrons. The van der Waals surface area contributed by atoms with Crippen molar-refractivity contribution in [1.82, 2.24) is 0 Å². The summed E-state index contributed by atoms with van der Waals surface area (Å²) >= 11 is 2.73. The molecule has 0 unspecified atom stereocenters. The molecule has 0 saturated carbocycles. The highest BCUT2D eigenvalue weighted by Crippen LogP contribution is 2.43. The van der Waals surface area contributed by atoms with E-state index < -0.39 is 95.7 Å². The lowest BCUT2D eigenvalue weighted by Crippen LogP contribution is -2.29. The number of carbonyl (C=O) groups is 6. The van der Waals surface area contributed by atoms with E-state index in [1.54, 1.807) is 143 Å². The van der Waals surface area contributed by atoms with Crippen LogP contribution in [0.25, 0.3) is 55.2 Å². The first-order valence-corrected chi connectivity index (χ1v) is 35.7. The molecule has 0 aliphatic rings. The maximum Gasteiger partial charge on any atom is 0.534 e. The van der Waals surface area contributed by atoms with Gasteiger partial charge in [-0.1, -0.05) is 91.0 Å². The molecule has 0 aliphatic carbocycles. The van der Waals surface area contributed by atoms with E-state index in [0.717, 1.165) is 44.9 Å². The van der Waals surface area contributed by atoms with E-state index in [9.17, 15) is 85.8 Å². The number of alkyl halides is 3. The molecule has 29 nitrogen and oxygen atoms in total. The fourth-order valence-corrected chi connectivity index (χ4v) is 13.2. The van der Waals surface area contributed by atoms with Gasteiger partial charge in [-0.2, -0.15) is 21.6 Å². The summed E-state index contributed by atoms with van der Waals surface area (Å²) in [5.74, 6) is -5.95. The summed E-state index contributed by atoms with van der Waals surface area (Å²) in [7, 11) is -7.73. The number of furan rings is 3. The number of hydrogen-bond acceptors (Lipinski definition) is 25. The van der Waals surface area contributed by atoms with Gasteiger partial charge in [0.1, 0.15) is 59.6 Å².